The third-order valence-corrected chi connectivity index (χ3v) is 7.87. The topological polar surface area (TPSA) is 104 Å². The van der Waals surface area contributed by atoms with Gasteiger partial charge in [-0.05, 0) is 51.2 Å². The minimum atomic E-state index is -0.980. The van der Waals surface area contributed by atoms with Crippen LogP contribution >= 0.6 is 0 Å². The number of amides is 4. The molecule has 1 spiro atoms. The van der Waals surface area contributed by atoms with Gasteiger partial charge in [-0.25, -0.2) is 11.4 Å². The molecule has 39 heavy (non-hydrogen) atoms. The van der Waals surface area contributed by atoms with E-state index >= 15 is 0 Å². The van der Waals surface area contributed by atoms with Crippen LogP contribution in [0.4, 0.5) is 10.5 Å². The van der Waals surface area contributed by atoms with E-state index in [0.29, 0.717) is 25.1 Å². The molecule has 210 valence electrons. The monoisotopic (exact) mass is 537 g/mol. The standard InChI is InChI=1S/C29H39N5O5/c1-18(2)14-22(32(7)24(35)19-12-13-33(16-19)27(38)39-28(3,4)5)25(36)34-17-29(15-23(34)30-6)20-10-8-9-11-21(20)31-26(29)37/h8-11,18-19,22-23H,12-17H2,1-5,7H3,(H,31,37)/t19-,22-,23-,29-/m0/s1. The number of rotatable bonds is 5. The highest BCUT2D eigenvalue weighted by Crippen LogP contribution is 2.47. The molecule has 4 rings (SSSR count). The van der Waals surface area contributed by atoms with E-state index in [4.69, 9.17) is 11.3 Å². The van der Waals surface area contributed by atoms with Gasteiger partial charge in [0.25, 0.3) is 5.91 Å². The van der Waals surface area contributed by atoms with Gasteiger partial charge in [0.2, 0.25) is 11.8 Å². The molecule has 0 aromatic heterocycles. The van der Waals surface area contributed by atoms with Gasteiger partial charge in [-0.3, -0.25) is 24.1 Å². The lowest BCUT2D eigenvalue weighted by Gasteiger charge is -2.33. The van der Waals surface area contributed by atoms with E-state index in [-0.39, 0.29) is 43.1 Å². The second-order valence-electron chi connectivity index (χ2n) is 12.4. The predicted octanol–water partition coefficient (Wildman–Crippen LogP) is 3.48. The number of nitrogens with zero attached hydrogens (tertiary/aromatic N) is 4. The van der Waals surface area contributed by atoms with Gasteiger partial charge < -0.3 is 19.9 Å². The van der Waals surface area contributed by atoms with Crippen molar-refractivity contribution in [2.75, 3.05) is 32.0 Å². The van der Waals surface area contributed by atoms with E-state index < -0.39 is 35.2 Å². The van der Waals surface area contributed by atoms with Crippen molar-refractivity contribution in [3.63, 3.8) is 0 Å². The first-order chi connectivity index (χ1) is 18.3. The van der Waals surface area contributed by atoms with E-state index in [2.05, 4.69) is 10.2 Å². The van der Waals surface area contributed by atoms with Gasteiger partial charge in [0.1, 0.15) is 17.1 Å². The van der Waals surface area contributed by atoms with Crippen molar-refractivity contribution in [2.45, 2.75) is 77.1 Å². The van der Waals surface area contributed by atoms with Gasteiger partial charge in [-0.2, -0.15) is 0 Å². The number of fused-ring (bicyclic) bond motifs is 2. The molecule has 2 saturated heterocycles. The summed E-state index contributed by atoms with van der Waals surface area (Å²) in [7, 11) is 1.62. The second-order valence-corrected chi connectivity index (χ2v) is 12.4. The molecule has 0 bridgehead atoms. The Hall–Kier alpha value is -3.61. The summed E-state index contributed by atoms with van der Waals surface area (Å²) in [6.45, 7) is 17.9. The zero-order valence-corrected chi connectivity index (χ0v) is 23.7. The quantitative estimate of drug-likeness (QED) is 0.580. The van der Waals surface area contributed by atoms with Crippen LogP contribution in [-0.4, -0.2) is 83.0 Å². The van der Waals surface area contributed by atoms with Crippen LogP contribution < -0.4 is 5.32 Å². The van der Waals surface area contributed by atoms with Crippen molar-refractivity contribution in [1.82, 2.24) is 14.7 Å². The predicted molar refractivity (Wildman–Crippen MR) is 145 cm³/mol. The zero-order chi connectivity index (χ0) is 28.7. The SMILES string of the molecule is [C-]#[N+][C@@H]1C[C@@]2(CN1C(=O)[C@H](CC(C)C)N(C)C(=O)[C@H]1CCN(C(=O)OC(C)(C)C)C1)C(=O)Nc1ccccc12. The molecule has 0 saturated carbocycles. The number of ether oxygens (including phenoxy) is 1. The van der Waals surface area contributed by atoms with Gasteiger partial charge in [0.15, 0.2) is 0 Å². The number of carbonyl (C=O) groups excluding carboxylic acids is 4. The van der Waals surface area contributed by atoms with Crippen LogP contribution in [0.3, 0.4) is 0 Å². The maximum atomic E-state index is 14.1. The van der Waals surface area contributed by atoms with Crippen molar-refractivity contribution >= 4 is 29.5 Å². The first-order valence-electron chi connectivity index (χ1n) is 13.6. The molecule has 1 N–H and O–H groups in total. The first-order valence-corrected chi connectivity index (χ1v) is 13.6. The molecular formula is C29H39N5O5. The Bertz CT molecular complexity index is 1200. The fourth-order valence-corrected chi connectivity index (χ4v) is 5.91. The average molecular weight is 538 g/mol. The smallest absolute Gasteiger partial charge is 0.410 e. The molecule has 10 heteroatoms. The van der Waals surface area contributed by atoms with E-state index in [1.165, 1.54) is 14.7 Å². The number of anilines is 1. The molecule has 4 amide bonds. The summed E-state index contributed by atoms with van der Waals surface area (Å²) in [4.78, 5) is 61.6. The van der Waals surface area contributed by atoms with Crippen LogP contribution in [0, 0.1) is 18.4 Å². The highest BCUT2D eigenvalue weighted by Gasteiger charge is 2.59. The molecular weight excluding hydrogens is 498 g/mol. The van der Waals surface area contributed by atoms with Crippen molar-refractivity contribution in [3.05, 3.63) is 41.2 Å². The number of benzene rings is 1. The zero-order valence-electron chi connectivity index (χ0n) is 23.7. The normalized spacial score (nSPS) is 24.9. The van der Waals surface area contributed by atoms with Crippen LogP contribution in [0.5, 0.6) is 0 Å². The van der Waals surface area contributed by atoms with Crippen LogP contribution in [0.1, 0.15) is 59.4 Å². The summed E-state index contributed by atoms with van der Waals surface area (Å²) in [5.41, 5.74) is -0.0980. The van der Waals surface area contributed by atoms with E-state index in [1.54, 1.807) is 27.8 Å². The summed E-state index contributed by atoms with van der Waals surface area (Å²) >= 11 is 0. The van der Waals surface area contributed by atoms with Gasteiger partial charge >= 0.3 is 12.3 Å². The van der Waals surface area contributed by atoms with Crippen LogP contribution in [0.15, 0.2) is 24.3 Å². The average Bonchev–Trinajstić information content (AvgIpc) is 3.57. The summed E-state index contributed by atoms with van der Waals surface area (Å²) in [5, 5.41) is 2.91. The van der Waals surface area contributed by atoms with Crippen molar-refractivity contribution in [1.29, 1.82) is 0 Å². The second kappa shape index (κ2) is 10.5. The maximum Gasteiger partial charge on any atom is 0.410 e. The molecule has 1 aromatic rings. The largest absolute Gasteiger partial charge is 0.444 e. The molecule has 2 fully saturated rings. The molecule has 0 aliphatic carbocycles. The highest BCUT2D eigenvalue weighted by atomic mass is 16.6. The molecule has 1 aromatic carbocycles. The number of hydrogen-bond acceptors (Lipinski definition) is 5. The highest BCUT2D eigenvalue weighted by molar-refractivity contribution is 6.07. The Balaban J connectivity index is 1.53. The minimum absolute atomic E-state index is 0.0915. The van der Waals surface area contributed by atoms with Gasteiger partial charge in [-0.1, -0.05) is 32.0 Å². The summed E-state index contributed by atoms with van der Waals surface area (Å²) < 4.78 is 5.46. The molecule has 0 unspecified atom stereocenters. The first kappa shape index (κ1) is 28.4. The molecule has 3 heterocycles. The fraction of sp³-hybridized carbons (Fsp3) is 0.621. The number of para-hydroxylation sites is 1. The van der Waals surface area contributed by atoms with Crippen LogP contribution in [-0.2, 0) is 24.5 Å². The molecule has 3 aliphatic heterocycles. The third kappa shape index (κ3) is 5.45. The lowest BCUT2D eigenvalue weighted by atomic mass is 9.80. The third-order valence-electron chi connectivity index (χ3n) is 7.87. The number of hydrogen-bond donors (Lipinski definition) is 1. The van der Waals surface area contributed by atoms with Gasteiger partial charge in [-0.15, -0.1) is 0 Å². The summed E-state index contributed by atoms with van der Waals surface area (Å²) in [6, 6.07) is 6.62. The summed E-state index contributed by atoms with van der Waals surface area (Å²) in [5.74, 6) is -1.08. The van der Waals surface area contributed by atoms with Gasteiger partial charge in [0.05, 0.1) is 12.3 Å². The Labute approximate surface area is 230 Å². The fourth-order valence-electron chi connectivity index (χ4n) is 5.91. The molecule has 0 radical (unpaired) electrons. The minimum Gasteiger partial charge on any atom is -0.444 e. The Morgan fingerprint density at radius 1 is 1.26 bits per heavy atom. The van der Waals surface area contributed by atoms with Crippen molar-refractivity contribution in [2.24, 2.45) is 11.8 Å². The maximum absolute atomic E-state index is 14.1. The molecule has 10 nitrogen and oxygen atoms in total. The Morgan fingerprint density at radius 3 is 2.59 bits per heavy atom. The lowest BCUT2D eigenvalue weighted by Crippen LogP contribution is -2.53. The van der Waals surface area contributed by atoms with Crippen molar-refractivity contribution in [3.8, 4) is 0 Å². The molecule has 3 aliphatic rings. The Morgan fingerprint density at radius 2 is 1.95 bits per heavy atom. The van der Waals surface area contributed by atoms with E-state index in [9.17, 15) is 19.2 Å². The Kier molecular flexibility index (Phi) is 7.66. The van der Waals surface area contributed by atoms with E-state index in [0.717, 1.165) is 5.56 Å². The van der Waals surface area contributed by atoms with Crippen LogP contribution in [0.2, 0.25) is 0 Å². The number of carbonyl (C=O) groups is 4. The lowest BCUT2D eigenvalue weighted by molar-refractivity contribution is -0.147. The number of nitrogens with one attached hydrogen (secondary N) is 1. The van der Waals surface area contributed by atoms with E-state index in [1.807, 2.05) is 38.1 Å². The van der Waals surface area contributed by atoms with Gasteiger partial charge in [0, 0.05) is 32.4 Å². The van der Waals surface area contributed by atoms with Crippen molar-refractivity contribution < 1.29 is 23.9 Å². The number of likely N-dealkylation sites (tertiary alicyclic amines) is 2. The number of likely N-dealkylation sites (N-methyl/N-ethyl adjacent to an activating group) is 1. The molecule has 4 atom stereocenters. The van der Waals surface area contributed by atoms with Crippen LogP contribution in [0.25, 0.3) is 4.85 Å². The summed E-state index contributed by atoms with van der Waals surface area (Å²) in [6.07, 6.45) is -0.139.